The summed E-state index contributed by atoms with van der Waals surface area (Å²) in [6.07, 6.45) is 0.518. The quantitative estimate of drug-likeness (QED) is 0.871. The van der Waals surface area contributed by atoms with Crippen LogP contribution in [0.2, 0.25) is 0 Å². The molecule has 5 heteroatoms. The fourth-order valence-corrected chi connectivity index (χ4v) is 2.84. The summed E-state index contributed by atoms with van der Waals surface area (Å²) in [5, 5.41) is 10.2. The third-order valence-electron chi connectivity index (χ3n) is 4.04. The Morgan fingerprint density at radius 1 is 1.12 bits per heavy atom. The van der Waals surface area contributed by atoms with Crippen LogP contribution in [-0.4, -0.2) is 48.3 Å². The predicted molar refractivity (Wildman–Crippen MR) is 96.7 cm³/mol. The molecule has 1 aliphatic heterocycles. The number of aliphatic hydroxyl groups excluding tert-OH is 1. The second-order valence-corrected chi connectivity index (χ2v) is 6.29. The fraction of sp³-hybridized carbons (Fsp3) is 0.579. The van der Waals surface area contributed by atoms with Crippen LogP contribution in [0.25, 0.3) is 0 Å². The zero-order valence-corrected chi connectivity index (χ0v) is 15.0. The van der Waals surface area contributed by atoms with Gasteiger partial charge in [-0.3, -0.25) is 0 Å². The average molecular weight is 332 g/mol. The van der Waals surface area contributed by atoms with Gasteiger partial charge in [-0.1, -0.05) is 44.2 Å². The molecule has 1 aliphatic rings. The molecule has 2 rings (SSSR count). The van der Waals surface area contributed by atoms with Gasteiger partial charge in [-0.15, -0.1) is 0 Å². The maximum absolute atomic E-state index is 10.2. The summed E-state index contributed by atoms with van der Waals surface area (Å²) in [6, 6.07) is 9.78. The summed E-state index contributed by atoms with van der Waals surface area (Å²) in [5.41, 5.74) is 0.148. The van der Waals surface area contributed by atoms with Crippen molar-refractivity contribution in [3.63, 3.8) is 0 Å². The Balaban J connectivity index is 2.45. The first-order chi connectivity index (χ1) is 11.6. The van der Waals surface area contributed by atoms with Gasteiger partial charge >= 0.3 is 0 Å². The van der Waals surface area contributed by atoms with Crippen molar-refractivity contribution in [3.05, 3.63) is 35.9 Å². The summed E-state index contributed by atoms with van der Waals surface area (Å²) in [5.74, 6) is 1.32. The first-order valence-electron chi connectivity index (χ1n) is 8.64. The summed E-state index contributed by atoms with van der Waals surface area (Å²) in [6.45, 7) is 8.83. The Kier molecular flexibility index (Phi) is 6.37. The number of benzene rings is 1. The first kappa shape index (κ1) is 18.5. The lowest BCUT2D eigenvalue weighted by atomic mass is 9.89. The topological polar surface area (TPSA) is 63.4 Å². The van der Waals surface area contributed by atoms with Gasteiger partial charge in [-0.25, -0.2) is 9.98 Å². The van der Waals surface area contributed by atoms with E-state index in [9.17, 15) is 5.11 Å². The third-order valence-corrected chi connectivity index (χ3v) is 4.04. The largest absolute Gasteiger partial charge is 0.480 e. The van der Waals surface area contributed by atoms with Gasteiger partial charge in [0.2, 0.25) is 11.8 Å². The Morgan fingerprint density at radius 3 is 2.33 bits per heavy atom. The molecule has 1 aromatic rings. The van der Waals surface area contributed by atoms with Crippen molar-refractivity contribution < 1.29 is 14.6 Å². The fourth-order valence-electron chi connectivity index (χ4n) is 2.84. The van der Waals surface area contributed by atoms with E-state index in [-0.39, 0.29) is 18.6 Å². The Labute approximate surface area is 144 Å². The van der Waals surface area contributed by atoms with E-state index >= 15 is 0 Å². The van der Waals surface area contributed by atoms with Crippen LogP contribution < -0.4 is 0 Å². The van der Waals surface area contributed by atoms with Crippen LogP contribution >= 0.6 is 0 Å². The van der Waals surface area contributed by atoms with Gasteiger partial charge in [0.05, 0.1) is 19.8 Å². The smallest absolute Gasteiger partial charge is 0.215 e. The summed E-state index contributed by atoms with van der Waals surface area (Å²) >= 11 is 0. The van der Waals surface area contributed by atoms with Gasteiger partial charge in [-0.2, -0.15) is 0 Å². The predicted octanol–water partition coefficient (Wildman–Crippen LogP) is 2.87. The maximum Gasteiger partial charge on any atom is 0.215 e. The van der Waals surface area contributed by atoms with Gasteiger partial charge in [0, 0.05) is 6.42 Å². The molecule has 0 aromatic heterocycles. The van der Waals surface area contributed by atoms with E-state index in [0.717, 1.165) is 5.56 Å². The minimum Gasteiger partial charge on any atom is -0.480 e. The Morgan fingerprint density at radius 2 is 1.79 bits per heavy atom. The number of rotatable bonds is 6. The molecule has 0 amide bonds. The highest BCUT2D eigenvalue weighted by atomic mass is 16.5. The molecule has 1 N–H and O–H groups in total. The molecule has 0 saturated carbocycles. The monoisotopic (exact) mass is 332 g/mol. The van der Waals surface area contributed by atoms with Crippen molar-refractivity contribution in [2.24, 2.45) is 15.9 Å². The van der Waals surface area contributed by atoms with Crippen molar-refractivity contribution in [2.75, 3.05) is 19.8 Å². The molecule has 24 heavy (non-hydrogen) atoms. The molecule has 0 saturated heterocycles. The van der Waals surface area contributed by atoms with Crippen LogP contribution in [-0.2, 0) is 15.9 Å². The molecule has 0 spiro atoms. The second-order valence-electron chi connectivity index (χ2n) is 6.29. The lowest BCUT2D eigenvalue weighted by Gasteiger charge is -2.35. The lowest BCUT2D eigenvalue weighted by Crippen LogP contribution is -2.51. The number of aliphatic imine (C=N–C) groups is 2. The molecule has 1 aromatic carbocycles. The van der Waals surface area contributed by atoms with Crippen molar-refractivity contribution in [3.8, 4) is 0 Å². The molecule has 5 nitrogen and oxygen atoms in total. The van der Waals surface area contributed by atoms with Crippen LogP contribution in [0.1, 0.15) is 33.3 Å². The molecular formula is C19H28N2O3. The lowest BCUT2D eigenvalue weighted by molar-refractivity contribution is 0.189. The molecule has 0 bridgehead atoms. The van der Waals surface area contributed by atoms with Crippen LogP contribution in [0.3, 0.4) is 0 Å². The second kappa shape index (κ2) is 8.29. The average Bonchev–Trinajstić information content (AvgIpc) is 2.58. The van der Waals surface area contributed by atoms with E-state index in [2.05, 4.69) is 13.8 Å². The number of hydrogen-bond donors (Lipinski definition) is 1. The SMILES string of the molecule is CCOC1=N[C@](CO)(Cc2ccccc2)C(OCC)=N[C@H]1C(C)C. The van der Waals surface area contributed by atoms with Gasteiger partial charge in [-0.05, 0) is 25.3 Å². The standard InChI is InChI=1S/C19H28N2O3/c1-5-23-17-16(14(3)4)20-18(24-6-2)19(13-22,21-17)12-15-10-8-7-9-11-15/h7-11,14,16,22H,5-6,12-13H2,1-4H3/t16-,19-/m0/s1. The number of aliphatic hydroxyl groups is 1. The minimum atomic E-state index is -0.923. The number of nitrogens with zero attached hydrogens (tertiary/aromatic N) is 2. The summed E-state index contributed by atoms with van der Waals surface area (Å²) in [7, 11) is 0. The number of hydrogen-bond acceptors (Lipinski definition) is 5. The van der Waals surface area contributed by atoms with E-state index in [1.807, 2.05) is 44.2 Å². The zero-order valence-electron chi connectivity index (χ0n) is 15.0. The van der Waals surface area contributed by atoms with Gasteiger partial charge in [0.15, 0.2) is 5.54 Å². The van der Waals surface area contributed by atoms with Crippen molar-refractivity contribution in [1.29, 1.82) is 0 Å². The van der Waals surface area contributed by atoms with Gasteiger partial charge in [0.1, 0.15) is 6.04 Å². The van der Waals surface area contributed by atoms with Crippen LogP contribution in [0.5, 0.6) is 0 Å². The molecule has 0 unspecified atom stereocenters. The molecule has 1 heterocycles. The molecular weight excluding hydrogens is 304 g/mol. The molecule has 0 aliphatic carbocycles. The van der Waals surface area contributed by atoms with E-state index in [4.69, 9.17) is 19.5 Å². The van der Waals surface area contributed by atoms with Crippen molar-refractivity contribution in [1.82, 2.24) is 0 Å². The molecule has 0 radical (unpaired) electrons. The molecule has 2 atom stereocenters. The van der Waals surface area contributed by atoms with Gasteiger partial charge in [0.25, 0.3) is 0 Å². The number of ether oxygens (including phenoxy) is 2. The summed E-state index contributed by atoms with van der Waals surface area (Å²) < 4.78 is 11.6. The van der Waals surface area contributed by atoms with Crippen LogP contribution in [0, 0.1) is 5.92 Å². The molecule has 132 valence electrons. The first-order valence-corrected chi connectivity index (χ1v) is 8.64. The summed E-state index contributed by atoms with van der Waals surface area (Å²) in [4.78, 5) is 9.58. The van der Waals surface area contributed by atoms with Crippen molar-refractivity contribution in [2.45, 2.75) is 45.7 Å². The normalized spacial score (nSPS) is 23.7. The highest BCUT2D eigenvalue weighted by molar-refractivity contribution is 5.97. The van der Waals surface area contributed by atoms with Crippen LogP contribution in [0.4, 0.5) is 0 Å². The maximum atomic E-state index is 10.2. The van der Waals surface area contributed by atoms with Crippen molar-refractivity contribution >= 4 is 11.8 Å². The van der Waals surface area contributed by atoms with Crippen LogP contribution in [0.15, 0.2) is 40.3 Å². The zero-order chi connectivity index (χ0) is 17.6. The van der Waals surface area contributed by atoms with E-state index in [1.165, 1.54) is 0 Å². The highest BCUT2D eigenvalue weighted by Gasteiger charge is 2.43. The van der Waals surface area contributed by atoms with E-state index in [0.29, 0.717) is 31.4 Å². The van der Waals surface area contributed by atoms with E-state index in [1.54, 1.807) is 0 Å². The van der Waals surface area contributed by atoms with Gasteiger partial charge < -0.3 is 14.6 Å². The minimum absolute atomic E-state index is 0.178. The molecule has 0 fully saturated rings. The Bertz CT molecular complexity index is 584. The van der Waals surface area contributed by atoms with E-state index < -0.39 is 5.54 Å². The highest BCUT2D eigenvalue weighted by Crippen LogP contribution is 2.28. The third kappa shape index (κ3) is 3.96. The Hall–Kier alpha value is -1.88.